The molecule has 0 unspecified atom stereocenters. The van der Waals surface area contributed by atoms with Crippen molar-refractivity contribution in [1.82, 2.24) is 19.1 Å². The van der Waals surface area contributed by atoms with Crippen LogP contribution in [0.25, 0.3) is 0 Å². The first kappa shape index (κ1) is 27.5. The first-order valence-electron chi connectivity index (χ1n) is 11.9. The van der Waals surface area contributed by atoms with Crippen molar-refractivity contribution >= 4 is 29.2 Å². The van der Waals surface area contributed by atoms with E-state index >= 15 is 0 Å². The zero-order chi connectivity index (χ0) is 28.1. The van der Waals surface area contributed by atoms with E-state index in [0.29, 0.717) is 16.5 Å². The molecule has 202 valence electrons. The molecule has 0 amide bonds. The number of anilines is 2. The fourth-order valence-corrected chi connectivity index (χ4v) is 3.88. The molecule has 0 aliphatic carbocycles. The first-order chi connectivity index (χ1) is 18.7. The maximum absolute atomic E-state index is 13.6. The van der Waals surface area contributed by atoms with Gasteiger partial charge >= 0.3 is 17.3 Å². The lowest BCUT2D eigenvalue weighted by molar-refractivity contribution is -0.146. The topological polar surface area (TPSA) is 117 Å². The van der Waals surface area contributed by atoms with E-state index in [2.05, 4.69) is 15.3 Å². The Balaban J connectivity index is 1.68. The van der Waals surface area contributed by atoms with Crippen LogP contribution in [-0.4, -0.2) is 32.2 Å². The quantitative estimate of drug-likeness (QED) is 0.300. The fourth-order valence-electron chi connectivity index (χ4n) is 3.75. The lowest BCUT2D eigenvalue weighted by Crippen LogP contribution is -2.46. The molecular formula is C27H25ClFN5O5. The van der Waals surface area contributed by atoms with Crippen molar-refractivity contribution < 1.29 is 18.7 Å². The number of nitrogens with zero attached hydrogens (tertiary/aromatic N) is 4. The standard InChI is InChI=1S/C27H25ClFN5O5/c1-16(24(35)38-3)17(2)34-26(36)32-25(33(27(34)37)15-18-4-6-19(28)7-5-18)31-21-9-11-22(12-10-21)39-23-13-8-20(29)14-30-23/h4-14,16-17H,15H2,1-3H3,(H,31,32,36)/t16-,17+/m1/s1. The maximum Gasteiger partial charge on any atom is 0.355 e. The summed E-state index contributed by atoms with van der Waals surface area (Å²) in [6.07, 6.45) is 1.05. The van der Waals surface area contributed by atoms with Crippen molar-refractivity contribution in [3.63, 3.8) is 0 Å². The van der Waals surface area contributed by atoms with Crippen LogP contribution in [-0.2, 0) is 16.1 Å². The molecule has 0 spiro atoms. The Hall–Kier alpha value is -4.51. The lowest BCUT2D eigenvalue weighted by Gasteiger charge is -2.22. The van der Waals surface area contributed by atoms with E-state index in [1.807, 2.05) is 0 Å². The minimum absolute atomic E-state index is 0.00277. The van der Waals surface area contributed by atoms with Gasteiger partial charge in [0.1, 0.15) is 11.6 Å². The second-order valence-corrected chi connectivity index (χ2v) is 9.14. The summed E-state index contributed by atoms with van der Waals surface area (Å²) < 4.78 is 25.7. The molecule has 0 aliphatic rings. The number of rotatable bonds is 9. The number of pyridine rings is 1. The number of aromatic nitrogens is 4. The third kappa shape index (κ3) is 6.50. The van der Waals surface area contributed by atoms with Gasteiger partial charge in [-0.3, -0.25) is 9.36 Å². The average Bonchev–Trinajstić information content (AvgIpc) is 2.93. The molecule has 0 saturated carbocycles. The monoisotopic (exact) mass is 553 g/mol. The summed E-state index contributed by atoms with van der Waals surface area (Å²) in [5.74, 6) is -1.15. The highest BCUT2D eigenvalue weighted by Gasteiger charge is 2.27. The highest BCUT2D eigenvalue weighted by Crippen LogP contribution is 2.23. The molecule has 2 aromatic heterocycles. The SMILES string of the molecule is COC(=O)[C@H](C)[C@H](C)n1c(=O)nc(Nc2ccc(Oc3ccc(F)cn3)cc2)n(Cc2ccc(Cl)cc2)c1=O. The van der Waals surface area contributed by atoms with Crippen molar-refractivity contribution in [2.75, 3.05) is 12.4 Å². The molecule has 4 rings (SSSR count). The van der Waals surface area contributed by atoms with Gasteiger partial charge in [0.2, 0.25) is 11.8 Å². The van der Waals surface area contributed by atoms with Crippen LogP contribution < -0.4 is 21.4 Å². The number of hydrogen-bond acceptors (Lipinski definition) is 8. The molecule has 0 fully saturated rings. The third-order valence-corrected chi connectivity index (χ3v) is 6.34. The van der Waals surface area contributed by atoms with Crippen molar-refractivity contribution in [3.05, 3.63) is 104 Å². The number of ether oxygens (including phenoxy) is 2. The number of carbonyl (C=O) groups is 1. The number of benzene rings is 2. The Bertz CT molecular complexity index is 1570. The van der Waals surface area contributed by atoms with Gasteiger partial charge in [-0.2, -0.15) is 4.98 Å². The highest BCUT2D eigenvalue weighted by atomic mass is 35.5. The summed E-state index contributed by atoms with van der Waals surface area (Å²) >= 11 is 6.01. The Morgan fingerprint density at radius 3 is 2.36 bits per heavy atom. The zero-order valence-electron chi connectivity index (χ0n) is 21.3. The van der Waals surface area contributed by atoms with Gasteiger partial charge in [0.05, 0.1) is 31.8 Å². The summed E-state index contributed by atoms with van der Waals surface area (Å²) in [5.41, 5.74) is -0.224. The largest absolute Gasteiger partial charge is 0.469 e. The van der Waals surface area contributed by atoms with Crippen molar-refractivity contribution in [3.8, 4) is 11.6 Å². The van der Waals surface area contributed by atoms with Crippen LogP contribution in [0.2, 0.25) is 5.02 Å². The number of hydrogen-bond donors (Lipinski definition) is 1. The van der Waals surface area contributed by atoms with Crippen molar-refractivity contribution in [1.29, 1.82) is 0 Å². The van der Waals surface area contributed by atoms with E-state index in [9.17, 15) is 18.8 Å². The smallest absolute Gasteiger partial charge is 0.355 e. The molecule has 10 nitrogen and oxygen atoms in total. The Morgan fingerprint density at radius 1 is 1.05 bits per heavy atom. The minimum atomic E-state index is -0.819. The van der Waals surface area contributed by atoms with E-state index in [1.54, 1.807) is 62.4 Å². The van der Waals surface area contributed by atoms with Crippen LogP contribution >= 0.6 is 11.6 Å². The molecule has 1 N–H and O–H groups in total. The summed E-state index contributed by atoms with van der Waals surface area (Å²) in [7, 11) is 1.24. The molecule has 12 heteroatoms. The summed E-state index contributed by atoms with van der Waals surface area (Å²) in [6.45, 7) is 3.23. The first-order valence-corrected chi connectivity index (χ1v) is 12.3. The van der Waals surface area contributed by atoms with Gasteiger partial charge in [-0.15, -0.1) is 0 Å². The van der Waals surface area contributed by atoms with Gasteiger partial charge in [0, 0.05) is 16.8 Å². The number of carbonyl (C=O) groups excluding carboxylic acids is 1. The summed E-state index contributed by atoms with van der Waals surface area (Å²) in [6, 6.07) is 15.3. The average molecular weight is 554 g/mol. The van der Waals surface area contributed by atoms with Gasteiger partial charge in [0.15, 0.2) is 0 Å². The van der Waals surface area contributed by atoms with E-state index < -0.39 is 35.1 Å². The zero-order valence-corrected chi connectivity index (χ0v) is 22.1. The second kappa shape index (κ2) is 11.9. The Kier molecular flexibility index (Phi) is 8.40. The van der Waals surface area contributed by atoms with Crippen LogP contribution in [0.4, 0.5) is 16.0 Å². The van der Waals surface area contributed by atoms with Crippen LogP contribution in [0.15, 0.2) is 76.4 Å². The van der Waals surface area contributed by atoms with E-state index in [-0.39, 0.29) is 18.4 Å². The maximum atomic E-state index is 13.6. The number of esters is 1. The van der Waals surface area contributed by atoms with Crippen molar-refractivity contribution in [2.45, 2.75) is 26.4 Å². The Morgan fingerprint density at radius 2 is 1.74 bits per heavy atom. The second-order valence-electron chi connectivity index (χ2n) is 8.70. The molecule has 2 heterocycles. The van der Waals surface area contributed by atoms with Crippen LogP contribution in [0, 0.1) is 11.7 Å². The normalized spacial score (nSPS) is 12.4. The number of halogens is 2. The van der Waals surface area contributed by atoms with Gasteiger partial charge in [-0.05, 0) is 61.9 Å². The number of methoxy groups -OCH3 is 1. The van der Waals surface area contributed by atoms with Gasteiger partial charge in [0.25, 0.3) is 0 Å². The predicted molar refractivity (Wildman–Crippen MR) is 143 cm³/mol. The van der Waals surface area contributed by atoms with Crippen LogP contribution in [0.3, 0.4) is 0 Å². The highest BCUT2D eigenvalue weighted by molar-refractivity contribution is 6.30. The Labute approximate surface area is 227 Å². The van der Waals surface area contributed by atoms with Crippen LogP contribution in [0.1, 0.15) is 25.5 Å². The van der Waals surface area contributed by atoms with Crippen molar-refractivity contribution in [2.24, 2.45) is 5.92 Å². The molecule has 39 heavy (non-hydrogen) atoms. The van der Waals surface area contributed by atoms with Gasteiger partial charge < -0.3 is 14.8 Å². The van der Waals surface area contributed by atoms with E-state index in [0.717, 1.165) is 16.3 Å². The molecule has 2 atom stereocenters. The molecule has 0 bridgehead atoms. The molecule has 0 saturated heterocycles. The lowest BCUT2D eigenvalue weighted by atomic mass is 10.0. The third-order valence-electron chi connectivity index (χ3n) is 6.09. The minimum Gasteiger partial charge on any atom is -0.469 e. The molecule has 2 aromatic carbocycles. The fraction of sp³-hybridized carbons (Fsp3) is 0.222. The van der Waals surface area contributed by atoms with E-state index in [4.69, 9.17) is 21.1 Å². The van der Waals surface area contributed by atoms with Crippen LogP contribution in [0.5, 0.6) is 11.6 Å². The predicted octanol–water partition coefficient (Wildman–Crippen LogP) is 4.55. The summed E-state index contributed by atoms with van der Waals surface area (Å²) in [4.78, 5) is 46.7. The van der Waals surface area contributed by atoms with Gasteiger partial charge in [-0.25, -0.2) is 23.5 Å². The molecule has 4 aromatic rings. The molecule has 0 radical (unpaired) electrons. The summed E-state index contributed by atoms with van der Waals surface area (Å²) in [5, 5.41) is 3.55. The van der Waals surface area contributed by atoms with E-state index in [1.165, 1.54) is 23.8 Å². The molecular weight excluding hydrogens is 529 g/mol. The molecule has 0 aliphatic heterocycles. The van der Waals surface area contributed by atoms with Gasteiger partial charge in [-0.1, -0.05) is 23.7 Å². The number of nitrogens with one attached hydrogen (secondary N) is 1.